The largest absolute Gasteiger partial charge is 0.468 e. The van der Waals surface area contributed by atoms with Gasteiger partial charge < -0.3 is 9.73 Å². The molecule has 0 aliphatic heterocycles. The summed E-state index contributed by atoms with van der Waals surface area (Å²) in [7, 11) is 0. The van der Waals surface area contributed by atoms with Crippen molar-refractivity contribution in [2.75, 3.05) is 6.54 Å². The van der Waals surface area contributed by atoms with E-state index in [2.05, 4.69) is 42.6 Å². The molecule has 2 unspecified atom stereocenters. The van der Waals surface area contributed by atoms with E-state index in [0.717, 1.165) is 18.7 Å². The Morgan fingerprint density at radius 2 is 2.05 bits per heavy atom. The highest BCUT2D eigenvalue weighted by Crippen LogP contribution is 2.34. The number of furan rings is 1. The summed E-state index contributed by atoms with van der Waals surface area (Å²) >= 11 is 0. The van der Waals surface area contributed by atoms with Crippen LogP contribution in [-0.2, 0) is 12.8 Å². The third kappa shape index (κ3) is 2.59. The zero-order valence-electron chi connectivity index (χ0n) is 11.4. The van der Waals surface area contributed by atoms with Gasteiger partial charge in [0.05, 0.1) is 12.3 Å². The molecule has 0 bridgehead atoms. The topological polar surface area (TPSA) is 25.2 Å². The summed E-state index contributed by atoms with van der Waals surface area (Å²) in [6.07, 6.45) is 5.34. The second kappa shape index (κ2) is 5.62. The van der Waals surface area contributed by atoms with E-state index in [4.69, 9.17) is 4.42 Å². The van der Waals surface area contributed by atoms with Crippen LogP contribution in [0.25, 0.3) is 0 Å². The predicted octanol–water partition coefficient (Wildman–Crippen LogP) is 3.74. The van der Waals surface area contributed by atoms with Crippen LogP contribution >= 0.6 is 0 Å². The molecule has 0 saturated heterocycles. The normalized spacial score (nSPS) is 19.9. The van der Waals surface area contributed by atoms with Gasteiger partial charge in [-0.15, -0.1) is 0 Å². The van der Waals surface area contributed by atoms with Crippen molar-refractivity contribution < 1.29 is 4.42 Å². The minimum Gasteiger partial charge on any atom is -0.468 e. The minimum atomic E-state index is 0.341. The number of benzene rings is 1. The van der Waals surface area contributed by atoms with E-state index in [1.54, 1.807) is 6.26 Å². The van der Waals surface area contributed by atoms with Crippen molar-refractivity contribution in [2.45, 2.75) is 32.2 Å². The van der Waals surface area contributed by atoms with Gasteiger partial charge in [-0.05, 0) is 55.0 Å². The van der Waals surface area contributed by atoms with Crippen LogP contribution in [0.3, 0.4) is 0 Å². The van der Waals surface area contributed by atoms with Crippen LogP contribution in [0, 0.1) is 5.92 Å². The first kappa shape index (κ1) is 12.5. The maximum atomic E-state index is 5.63. The maximum Gasteiger partial charge on any atom is 0.120 e. The van der Waals surface area contributed by atoms with Gasteiger partial charge in [-0.2, -0.15) is 0 Å². The number of hydrogen-bond donors (Lipinski definition) is 1. The first-order valence-electron chi connectivity index (χ1n) is 7.22. The van der Waals surface area contributed by atoms with Crippen LogP contribution in [0.15, 0.2) is 47.1 Å². The van der Waals surface area contributed by atoms with E-state index in [9.17, 15) is 0 Å². The average molecular weight is 255 g/mol. The molecule has 2 atom stereocenters. The van der Waals surface area contributed by atoms with Crippen LogP contribution in [0.1, 0.15) is 36.3 Å². The second-order valence-corrected chi connectivity index (χ2v) is 5.32. The lowest BCUT2D eigenvalue weighted by molar-refractivity contribution is 0.288. The van der Waals surface area contributed by atoms with E-state index < -0.39 is 0 Å². The molecule has 1 aromatic heterocycles. The molecule has 0 spiro atoms. The summed E-state index contributed by atoms with van der Waals surface area (Å²) in [5.41, 5.74) is 3.03. The fourth-order valence-electron chi connectivity index (χ4n) is 3.20. The van der Waals surface area contributed by atoms with E-state index in [1.807, 2.05) is 6.07 Å². The summed E-state index contributed by atoms with van der Waals surface area (Å²) in [6.45, 7) is 3.14. The molecule has 3 rings (SSSR count). The van der Waals surface area contributed by atoms with Crippen LogP contribution in [-0.4, -0.2) is 6.54 Å². The van der Waals surface area contributed by atoms with Crippen molar-refractivity contribution in [2.24, 2.45) is 5.92 Å². The van der Waals surface area contributed by atoms with Gasteiger partial charge >= 0.3 is 0 Å². The van der Waals surface area contributed by atoms with Crippen molar-refractivity contribution in [3.8, 4) is 0 Å². The van der Waals surface area contributed by atoms with Crippen LogP contribution in [0.2, 0.25) is 0 Å². The van der Waals surface area contributed by atoms with Crippen LogP contribution < -0.4 is 5.32 Å². The standard InChI is InChI=1S/C17H21NO/c1-2-18-17(16-8-5-11-19-16)15-10-9-13-6-3-4-7-14(13)12-15/h3-8,11,15,17-18H,2,9-10,12H2,1H3. The average Bonchev–Trinajstić information content (AvgIpc) is 2.98. The Bertz CT molecular complexity index is 518. The Balaban J connectivity index is 1.82. The van der Waals surface area contributed by atoms with Crippen molar-refractivity contribution >= 4 is 0 Å². The van der Waals surface area contributed by atoms with Gasteiger partial charge in [0.2, 0.25) is 0 Å². The van der Waals surface area contributed by atoms with E-state index in [1.165, 1.54) is 24.0 Å². The highest BCUT2D eigenvalue weighted by molar-refractivity contribution is 5.30. The van der Waals surface area contributed by atoms with E-state index >= 15 is 0 Å². The zero-order chi connectivity index (χ0) is 13.1. The van der Waals surface area contributed by atoms with Gasteiger partial charge in [0.15, 0.2) is 0 Å². The molecular formula is C17H21NO. The van der Waals surface area contributed by atoms with E-state index in [-0.39, 0.29) is 0 Å². The molecule has 0 amide bonds. The molecule has 1 N–H and O–H groups in total. The molecule has 0 radical (unpaired) electrons. The summed E-state index contributed by atoms with van der Waals surface area (Å²) < 4.78 is 5.63. The molecule has 19 heavy (non-hydrogen) atoms. The highest BCUT2D eigenvalue weighted by Gasteiger charge is 2.28. The molecule has 2 heteroatoms. The van der Waals surface area contributed by atoms with Crippen molar-refractivity contribution in [3.05, 3.63) is 59.5 Å². The quantitative estimate of drug-likeness (QED) is 0.900. The van der Waals surface area contributed by atoms with Gasteiger partial charge in [-0.25, -0.2) is 0 Å². The Labute approximate surface area is 114 Å². The van der Waals surface area contributed by atoms with Crippen molar-refractivity contribution in [1.29, 1.82) is 0 Å². The number of nitrogens with one attached hydrogen (secondary N) is 1. The molecule has 2 nitrogen and oxygen atoms in total. The van der Waals surface area contributed by atoms with Gasteiger partial charge in [0.1, 0.15) is 5.76 Å². The summed E-state index contributed by atoms with van der Waals surface area (Å²) in [5.74, 6) is 1.70. The zero-order valence-corrected chi connectivity index (χ0v) is 11.4. The molecule has 0 saturated carbocycles. The lowest BCUT2D eigenvalue weighted by Crippen LogP contribution is -2.31. The first-order chi connectivity index (χ1) is 9.38. The Hall–Kier alpha value is -1.54. The van der Waals surface area contributed by atoms with Gasteiger partial charge in [-0.3, -0.25) is 0 Å². The third-order valence-electron chi connectivity index (χ3n) is 4.13. The fourth-order valence-corrected chi connectivity index (χ4v) is 3.20. The molecule has 100 valence electrons. The van der Waals surface area contributed by atoms with Crippen LogP contribution in [0.4, 0.5) is 0 Å². The van der Waals surface area contributed by atoms with E-state index in [0.29, 0.717) is 12.0 Å². The van der Waals surface area contributed by atoms with Gasteiger partial charge in [0.25, 0.3) is 0 Å². The Morgan fingerprint density at radius 1 is 1.21 bits per heavy atom. The number of fused-ring (bicyclic) bond motifs is 1. The highest BCUT2D eigenvalue weighted by atomic mass is 16.3. The second-order valence-electron chi connectivity index (χ2n) is 5.32. The van der Waals surface area contributed by atoms with Crippen molar-refractivity contribution in [3.63, 3.8) is 0 Å². The molecule has 1 heterocycles. The summed E-state index contributed by atoms with van der Waals surface area (Å²) in [5, 5.41) is 3.59. The molecular weight excluding hydrogens is 234 g/mol. The molecule has 0 fully saturated rings. The number of hydrogen-bond acceptors (Lipinski definition) is 2. The SMILES string of the molecule is CCNC(c1ccco1)C1CCc2ccccc2C1. The Morgan fingerprint density at radius 3 is 2.79 bits per heavy atom. The minimum absolute atomic E-state index is 0.341. The fraction of sp³-hybridized carbons (Fsp3) is 0.412. The Kier molecular flexibility index (Phi) is 3.69. The molecule has 1 aliphatic rings. The smallest absolute Gasteiger partial charge is 0.120 e. The van der Waals surface area contributed by atoms with Crippen molar-refractivity contribution in [1.82, 2.24) is 5.32 Å². The summed E-state index contributed by atoms with van der Waals surface area (Å²) in [6, 6.07) is 13.2. The number of rotatable bonds is 4. The van der Waals surface area contributed by atoms with Crippen LogP contribution in [0.5, 0.6) is 0 Å². The molecule has 1 aliphatic carbocycles. The van der Waals surface area contributed by atoms with Gasteiger partial charge in [-0.1, -0.05) is 31.2 Å². The number of aryl methyl sites for hydroxylation is 1. The summed E-state index contributed by atoms with van der Waals surface area (Å²) in [4.78, 5) is 0. The lowest BCUT2D eigenvalue weighted by atomic mass is 9.79. The first-order valence-corrected chi connectivity index (χ1v) is 7.22. The third-order valence-corrected chi connectivity index (χ3v) is 4.13. The maximum absolute atomic E-state index is 5.63. The molecule has 1 aromatic carbocycles. The van der Waals surface area contributed by atoms with Gasteiger partial charge in [0, 0.05) is 0 Å². The monoisotopic (exact) mass is 255 g/mol. The molecule has 2 aromatic rings. The lowest BCUT2D eigenvalue weighted by Gasteiger charge is -2.31. The predicted molar refractivity (Wildman–Crippen MR) is 77.1 cm³/mol.